The molecule has 0 aliphatic rings. The molecule has 0 bridgehead atoms. The van der Waals surface area contributed by atoms with Gasteiger partial charge in [-0.2, -0.15) is 0 Å². The summed E-state index contributed by atoms with van der Waals surface area (Å²) < 4.78 is 5.31. The van der Waals surface area contributed by atoms with Crippen molar-refractivity contribution >= 4 is 11.0 Å². The fourth-order valence-corrected chi connectivity index (χ4v) is 2.37. The van der Waals surface area contributed by atoms with Gasteiger partial charge in [0.25, 0.3) is 0 Å². The third kappa shape index (κ3) is 3.59. The first-order valence-electron chi connectivity index (χ1n) is 7.25. The molecule has 0 aliphatic carbocycles. The second-order valence-corrected chi connectivity index (χ2v) is 5.00. The van der Waals surface area contributed by atoms with E-state index in [2.05, 4.69) is 18.1 Å². The van der Waals surface area contributed by atoms with E-state index < -0.39 is 0 Å². The van der Waals surface area contributed by atoms with Crippen LogP contribution in [0.1, 0.15) is 57.6 Å². The summed E-state index contributed by atoms with van der Waals surface area (Å²) in [6, 6.07) is 8.12. The summed E-state index contributed by atoms with van der Waals surface area (Å²) in [4.78, 5) is 0. The molecule has 1 aromatic carbocycles. The quantitative estimate of drug-likeness (QED) is 0.603. The maximum Gasteiger partial charge on any atom is 0.167 e. The highest BCUT2D eigenvalue weighted by Crippen LogP contribution is 2.19. The highest BCUT2D eigenvalue weighted by atomic mass is 16.5. The zero-order valence-electron chi connectivity index (χ0n) is 11.3. The highest BCUT2D eigenvalue weighted by Gasteiger charge is 2.06. The molecule has 0 amide bonds. The molecule has 0 fully saturated rings. The second kappa shape index (κ2) is 7.20. The van der Waals surface area contributed by atoms with Gasteiger partial charge in [-0.05, 0) is 25.0 Å². The lowest BCUT2D eigenvalue weighted by Gasteiger charge is -1.99. The summed E-state index contributed by atoms with van der Waals surface area (Å²) in [5, 5.41) is 5.35. The van der Waals surface area contributed by atoms with Crippen LogP contribution >= 0.6 is 0 Å². The highest BCUT2D eigenvalue weighted by molar-refractivity contribution is 5.79. The van der Waals surface area contributed by atoms with Crippen molar-refractivity contribution in [3.05, 3.63) is 30.0 Å². The first-order chi connectivity index (χ1) is 8.92. The average molecular weight is 245 g/mol. The van der Waals surface area contributed by atoms with E-state index in [4.69, 9.17) is 4.52 Å². The lowest BCUT2D eigenvalue weighted by Crippen LogP contribution is -1.87. The van der Waals surface area contributed by atoms with Gasteiger partial charge < -0.3 is 4.52 Å². The third-order valence-electron chi connectivity index (χ3n) is 3.47. The molecule has 2 heteroatoms. The Balaban J connectivity index is 1.70. The minimum Gasteiger partial charge on any atom is -0.356 e. The van der Waals surface area contributed by atoms with Crippen molar-refractivity contribution in [2.24, 2.45) is 0 Å². The van der Waals surface area contributed by atoms with Crippen molar-refractivity contribution in [1.29, 1.82) is 0 Å². The van der Waals surface area contributed by atoms with Crippen molar-refractivity contribution in [3.63, 3.8) is 0 Å². The predicted octanol–water partition coefficient (Wildman–Crippen LogP) is 5.12. The van der Waals surface area contributed by atoms with Crippen LogP contribution in [0.2, 0.25) is 0 Å². The SMILES string of the molecule is CCCCCCCCCc1noc2ccccc12. The summed E-state index contributed by atoms with van der Waals surface area (Å²) in [6.07, 6.45) is 10.4. The Labute approximate surface area is 109 Å². The molecule has 0 atom stereocenters. The fourth-order valence-electron chi connectivity index (χ4n) is 2.37. The van der Waals surface area contributed by atoms with E-state index in [1.54, 1.807) is 0 Å². The standard InChI is InChI=1S/C16H23NO/c1-2-3-4-5-6-7-8-12-15-14-11-9-10-13-16(14)18-17-15/h9-11,13H,2-8,12H2,1H3. The number of aryl methyl sites for hydroxylation is 1. The van der Waals surface area contributed by atoms with Crippen LogP contribution in [-0.2, 0) is 6.42 Å². The van der Waals surface area contributed by atoms with E-state index in [1.165, 1.54) is 50.3 Å². The maximum absolute atomic E-state index is 5.31. The normalized spacial score (nSPS) is 11.2. The van der Waals surface area contributed by atoms with Crippen molar-refractivity contribution in [1.82, 2.24) is 5.16 Å². The van der Waals surface area contributed by atoms with Crippen LogP contribution in [0.15, 0.2) is 28.8 Å². The summed E-state index contributed by atoms with van der Waals surface area (Å²) in [5.74, 6) is 0. The van der Waals surface area contributed by atoms with Crippen molar-refractivity contribution < 1.29 is 4.52 Å². The Morgan fingerprint density at radius 2 is 1.67 bits per heavy atom. The van der Waals surface area contributed by atoms with Crippen LogP contribution in [0, 0.1) is 0 Å². The molecule has 1 aromatic heterocycles. The molecule has 0 aliphatic heterocycles. The molecule has 2 nitrogen and oxygen atoms in total. The molecule has 0 unspecified atom stereocenters. The van der Waals surface area contributed by atoms with Gasteiger partial charge in [-0.1, -0.05) is 62.7 Å². The van der Waals surface area contributed by atoms with E-state index >= 15 is 0 Å². The molecule has 1 heterocycles. The molecule has 0 saturated carbocycles. The van der Waals surface area contributed by atoms with Gasteiger partial charge >= 0.3 is 0 Å². The van der Waals surface area contributed by atoms with Gasteiger partial charge in [0.05, 0.1) is 5.69 Å². The van der Waals surface area contributed by atoms with Crippen LogP contribution in [0.4, 0.5) is 0 Å². The van der Waals surface area contributed by atoms with Gasteiger partial charge in [-0.3, -0.25) is 0 Å². The Morgan fingerprint density at radius 3 is 2.50 bits per heavy atom. The fraction of sp³-hybridized carbons (Fsp3) is 0.562. The topological polar surface area (TPSA) is 26.0 Å². The first-order valence-corrected chi connectivity index (χ1v) is 7.25. The number of benzene rings is 1. The van der Waals surface area contributed by atoms with Gasteiger partial charge in [0.15, 0.2) is 5.58 Å². The summed E-state index contributed by atoms with van der Waals surface area (Å²) in [6.45, 7) is 2.26. The van der Waals surface area contributed by atoms with E-state index in [1.807, 2.05) is 18.2 Å². The number of fused-ring (bicyclic) bond motifs is 1. The zero-order valence-corrected chi connectivity index (χ0v) is 11.3. The number of hydrogen-bond donors (Lipinski definition) is 0. The largest absolute Gasteiger partial charge is 0.356 e. The smallest absolute Gasteiger partial charge is 0.167 e. The van der Waals surface area contributed by atoms with Gasteiger partial charge in [-0.25, -0.2) is 0 Å². The van der Waals surface area contributed by atoms with Crippen LogP contribution in [0.5, 0.6) is 0 Å². The number of para-hydroxylation sites is 1. The Bertz CT molecular complexity index is 461. The number of aromatic nitrogens is 1. The van der Waals surface area contributed by atoms with Gasteiger partial charge in [0.1, 0.15) is 0 Å². The summed E-state index contributed by atoms with van der Waals surface area (Å²) >= 11 is 0. The number of hydrogen-bond acceptors (Lipinski definition) is 2. The molecule has 0 saturated heterocycles. The maximum atomic E-state index is 5.31. The van der Waals surface area contributed by atoms with Gasteiger partial charge in [-0.15, -0.1) is 0 Å². The first kappa shape index (κ1) is 13.1. The average Bonchev–Trinajstić information content (AvgIpc) is 2.81. The van der Waals surface area contributed by atoms with Crippen LogP contribution < -0.4 is 0 Å². The van der Waals surface area contributed by atoms with Crippen molar-refractivity contribution in [2.75, 3.05) is 0 Å². The van der Waals surface area contributed by atoms with Crippen molar-refractivity contribution in [2.45, 2.75) is 58.3 Å². The molecule has 2 aromatic rings. The molecule has 0 N–H and O–H groups in total. The number of rotatable bonds is 8. The molecule has 98 valence electrons. The van der Waals surface area contributed by atoms with E-state index in [0.717, 1.165) is 17.7 Å². The van der Waals surface area contributed by atoms with Crippen LogP contribution in [-0.4, -0.2) is 5.16 Å². The lowest BCUT2D eigenvalue weighted by atomic mass is 10.1. The van der Waals surface area contributed by atoms with Crippen molar-refractivity contribution in [3.8, 4) is 0 Å². The third-order valence-corrected chi connectivity index (χ3v) is 3.47. The molecule has 2 rings (SSSR count). The summed E-state index contributed by atoms with van der Waals surface area (Å²) in [5.41, 5.74) is 2.04. The Morgan fingerprint density at radius 1 is 0.944 bits per heavy atom. The lowest BCUT2D eigenvalue weighted by molar-refractivity contribution is 0.443. The van der Waals surface area contributed by atoms with Crippen LogP contribution in [0.3, 0.4) is 0 Å². The Hall–Kier alpha value is -1.31. The second-order valence-electron chi connectivity index (χ2n) is 5.00. The van der Waals surface area contributed by atoms with Gasteiger partial charge in [0.2, 0.25) is 0 Å². The molecular formula is C16H23NO. The summed E-state index contributed by atoms with van der Waals surface area (Å²) in [7, 11) is 0. The zero-order chi connectivity index (χ0) is 12.6. The van der Waals surface area contributed by atoms with E-state index in [9.17, 15) is 0 Å². The molecular weight excluding hydrogens is 222 g/mol. The van der Waals surface area contributed by atoms with Gasteiger partial charge in [0, 0.05) is 5.39 Å². The minimum absolute atomic E-state index is 0.912. The molecule has 0 spiro atoms. The number of unbranched alkanes of at least 4 members (excludes halogenated alkanes) is 6. The molecule has 0 radical (unpaired) electrons. The minimum atomic E-state index is 0.912. The van der Waals surface area contributed by atoms with E-state index in [-0.39, 0.29) is 0 Å². The number of nitrogens with zero attached hydrogens (tertiary/aromatic N) is 1. The Kier molecular flexibility index (Phi) is 5.25. The van der Waals surface area contributed by atoms with Crippen LogP contribution in [0.25, 0.3) is 11.0 Å². The predicted molar refractivity (Wildman–Crippen MR) is 75.7 cm³/mol. The molecule has 18 heavy (non-hydrogen) atoms. The monoisotopic (exact) mass is 245 g/mol. The van der Waals surface area contributed by atoms with E-state index in [0.29, 0.717) is 0 Å².